The van der Waals surface area contributed by atoms with Crippen LogP contribution in [0.15, 0.2) is 48.8 Å². The minimum absolute atomic E-state index is 0.198. The molecule has 1 amide bonds. The predicted molar refractivity (Wildman–Crippen MR) is 75.9 cm³/mol. The van der Waals surface area contributed by atoms with Crippen LogP contribution in [0.5, 0.6) is 5.75 Å². The van der Waals surface area contributed by atoms with Crippen LogP contribution in [0.25, 0.3) is 0 Å². The van der Waals surface area contributed by atoms with Crippen molar-refractivity contribution < 1.29 is 9.90 Å². The summed E-state index contributed by atoms with van der Waals surface area (Å²) in [7, 11) is 0. The second-order valence-corrected chi connectivity index (χ2v) is 4.56. The van der Waals surface area contributed by atoms with Gasteiger partial charge in [0.2, 0.25) is 5.91 Å². The van der Waals surface area contributed by atoms with Crippen LogP contribution in [0, 0.1) is 0 Å². The lowest BCUT2D eigenvalue weighted by molar-refractivity contribution is -0.122. The van der Waals surface area contributed by atoms with Crippen LogP contribution in [0.2, 0.25) is 0 Å². The molecule has 0 aliphatic carbocycles. The summed E-state index contributed by atoms with van der Waals surface area (Å²) < 4.78 is 0. The molecule has 1 atom stereocenters. The first kappa shape index (κ1) is 14.0. The zero-order chi connectivity index (χ0) is 14.4. The third-order valence-corrected chi connectivity index (χ3v) is 2.92. The Morgan fingerprint density at radius 1 is 1.25 bits per heavy atom. The predicted octanol–water partition coefficient (Wildman–Crippen LogP) is 0.973. The number of amides is 1. The molecule has 0 aliphatic rings. The highest BCUT2D eigenvalue weighted by molar-refractivity contribution is 5.81. The van der Waals surface area contributed by atoms with Crippen molar-refractivity contribution in [2.24, 2.45) is 5.73 Å². The maximum absolute atomic E-state index is 11.9. The zero-order valence-corrected chi connectivity index (χ0v) is 11.0. The van der Waals surface area contributed by atoms with Gasteiger partial charge in [-0.3, -0.25) is 9.78 Å². The van der Waals surface area contributed by atoms with Crippen LogP contribution in [0.3, 0.4) is 0 Å². The molecular weight excluding hydrogens is 254 g/mol. The van der Waals surface area contributed by atoms with Gasteiger partial charge in [-0.1, -0.05) is 18.2 Å². The third-order valence-electron chi connectivity index (χ3n) is 2.92. The van der Waals surface area contributed by atoms with E-state index in [0.717, 1.165) is 11.1 Å². The Balaban J connectivity index is 1.84. The van der Waals surface area contributed by atoms with Crippen LogP contribution < -0.4 is 11.1 Å². The number of rotatable bonds is 5. The fourth-order valence-corrected chi connectivity index (χ4v) is 1.80. The lowest BCUT2D eigenvalue weighted by Gasteiger charge is -2.12. The van der Waals surface area contributed by atoms with Gasteiger partial charge >= 0.3 is 0 Å². The van der Waals surface area contributed by atoms with Gasteiger partial charge < -0.3 is 16.2 Å². The smallest absolute Gasteiger partial charge is 0.237 e. The van der Waals surface area contributed by atoms with Crippen molar-refractivity contribution in [1.82, 2.24) is 10.3 Å². The van der Waals surface area contributed by atoms with Crippen molar-refractivity contribution in [2.45, 2.75) is 19.0 Å². The number of aromatic nitrogens is 1. The highest BCUT2D eigenvalue weighted by atomic mass is 16.3. The van der Waals surface area contributed by atoms with E-state index in [1.54, 1.807) is 36.7 Å². The van der Waals surface area contributed by atoms with Crippen molar-refractivity contribution in [1.29, 1.82) is 0 Å². The van der Waals surface area contributed by atoms with Crippen LogP contribution in [0.1, 0.15) is 11.1 Å². The summed E-state index contributed by atoms with van der Waals surface area (Å²) in [6.07, 6.45) is 3.81. The van der Waals surface area contributed by atoms with Crippen molar-refractivity contribution in [3.63, 3.8) is 0 Å². The molecule has 104 valence electrons. The molecule has 0 aliphatic heterocycles. The third kappa shape index (κ3) is 4.07. The number of phenols is 1. The number of nitrogens with zero attached hydrogens (tertiary/aromatic N) is 1. The number of benzene rings is 1. The monoisotopic (exact) mass is 271 g/mol. The topological polar surface area (TPSA) is 88.2 Å². The Morgan fingerprint density at radius 3 is 2.65 bits per heavy atom. The van der Waals surface area contributed by atoms with Gasteiger partial charge in [-0.15, -0.1) is 0 Å². The van der Waals surface area contributed by atoms with Crippen molar-refractivity contribution in [3.8, 4) is 5.75 Å². The summed E-state index contributed by atoms with van der Waals surface area (Å²) in [5.74, 6) is -0.00900. The Kier molecular flexibility index (Phi) is 4.68. The van der Waals surface area contributed by atoms with Gasteiger partial charge in [-0.2, -0.15) is 0 Å². The molecule has 1 aromatic heterocycles. The molecule has 1 aromatic carbocycles. The van der Waals surface area contributed by atoms with Crippen LogP contribution >= 0.6 is 0 Å². The van der Waals surface area contributed by atoms with Gasteiger partial charge in [-0.05, 0) is 35.7 Å². The molecule has 2 rings (SSSR count). The van der Waals surface area contributed by atoms with Gasteiger partial charge in [0.15, 0.2) is 0 Å². The summed E-state index contributed by atoms with van der Waals surface area (Å²) >= 11 is 0. The second kappa shape index (κ2) is 6.68. The van der Waals surface area contributed by atoms with E-state index < -0.39 is 6.04 Å². The van der Waals surface area contributed by atoms with Crippen LogP contribution in [-0.2, 0) is 17.8 Å². The molecule has 0 fully saturated rings. The van der Waals surface area contributed by atoms with E-state index in [9.17, 15) is 9.90 Å². The second-order valence-electron chi connectivity index (χ2n) is 4.56. The van der Waals surface area contributed by atoms with E-state index in [0.29, 0.717) is 13.0 Å². The number of hydrogen-bond donors (Lipinski definition) is 3. The van der Waals surface area contributed by atoms with E-state index in [-0.39, 0.29) is 11.7 Å². The van der Waals surface area contributed by atoms with E-state index in [2.05, 4.69) is 10.3 Å². The summed E-state index contributed by atoms with van der Waals surface area (Å²) in [6, 6.07) is 9.76. The van der Waals surface area contributed by atoms with E-state index >= 15 is 0 Å². The number of carbonyl (C=O) groups excluding carboxylic acids is 1. The van der Waals surface area contributed by atoms with Crippen LogP contribution in [-0.4, -0.2) is 22.0 Å². The first-order valence-corrected chi connectivity index (χ1v) is 6.35. The molecule has 0 spiro atoms. The molecule has 5 nitrogen and oxygen atoms in total. The number of hydrogen-bond acceptors (Lipinski definition) is 4. The molecule has 2 aromatic rings. The number of carbonyl (C=O) groups is 1. The van der Waals surface area contributed by atoms with E-state index in [1.165, 1.54) is 0 Å². The van der Waals surface area contributed by atoms with E-state index in [4.69, 9.17) is 5.73 Å². The number of aromatic hydroxyl groups is 1. The number of nitrogens with two attached hydrogens (primary N) is 1. The van der Waals surface area contributed by atoms with Gasteiger partial charge in [-0.25, -0.2) is 0 Å². The fraction of sp³-hybridized carbons (Fsp3) is 0.200. The highest BCUT2D eigenvalue weighted by Crippen LogP contribution is 2.10. The SMILES string of the molecule is N[C@@H](Cc1ccc(O)cc1)C(=O)NCc1cccnc1. The Hall–Kier alpha value is -2.40. The molecule has 0 radical (unpaired) electrons. The Labute approximate surface area is 117 Å². The summed E-state index contributed by atoms with van der Waals surface area (Å²) in [6.45, 7) is 0.413. The fourth-order valence-electron chi connectivity index (χ4n) is 1.80. The van der Waals surface area contributed by atoms with Crippen LogP contribution in [0.4, 0.5) is 0 Å². The lowest BCUT2D eigenvalue weighted by atomic mass is 10.1. The minimum Gasteiger partial charge on any atom is -0.508 e. The van der Waals surface area contributed by atoms with Gasteiger partial charge in [0.25, 0.3) is 0 Å². The summed E-state index contributed by atoms with van der Waals surface area (Å²) in [5, 5.41) is 12.0. The summed E-state index contributed by atoms with van der Waals surface area (Å²) in [4.78, 5) is 15.9. The Morgan fingerprint density at radius 2 is 2.00 bits per heavy atom. The first-order valence-electron chi connectivity index (χ1n) is 6.35. The quantitative estimate of drug-likeness (QED) is 0.756. The number of pyridine rings is 1. The molecule has 20 heavy (non-hydrogen) atoms. The van der Waals surface area contributed by atoms with Gasteiger partial charge in [0, 0.05) is 18.9 Å². The van der Waals surface area contributed by atoms with Crippen molar-refractivity contribution in [3.05, 3.63) is 59.9 Å². The number of nitrogens with one attached hydrogen (secondary N) is 1. The van der Waals surface area contributed by atoms with E-state index in [1.807, 2.05) is 12.1 Å². The summed E-state index contributed by atoms with van der Waals surface area (Å²) in [5.41, 5.74) is 7.70. The van der Waals surface area contributed by atoms with Gasteiger partial charge in [0.1, 0.15) is 5.75 Å². The molecule has 1 heterocycles. The molecule has 4 N–H and O–H groups in total. The lowest BCUT2D eigenvalue weighted by Crippen LogP contribution is -2.41. The minimum atomic E-state index is -0.615. The zero-order valence-electron chi connectivity index (χ0n) is 11.0. The number of phenolic OH excluding ortho intramolecular Hbond substituents is 1. The van der Waals surface area contributed by atoms with Gasteiger partial charge in [0.05, 0.1) is 6.04 Å². The average Bonchev–Trinajstić information content (AvgIpc) is 2.48. The highest BCUT2D eigenvalue weighted by Gasteiger charge is 2.13. The molecule has 0 bridgehead atoms. The molecule has 0 saturated heterocycles. The largest absolute Gasteiger partial charge is 0.508 e. The van der Waals surface area contributed by atoms with Crippen molar-refractivity contribution in [2.75, 3.05) is 0 Å². The molecule has 0 saturated carbocycles. The standard InChI is InChI=1S/C15H17N3O2/c16-14(8-11-3-5-13(19)6-4-11)15(20)18-10-12-2-1-7-17-9-12/h1-7,9,14,19H,8,10,16H2,(H,18,20)/t14-/m0/s1. The normalized spacial score (nSPS) is 11.8. The molecular formula is C15H17N3O2. The molecule has 0 unspecified atom stereocenters. The Bertz CT molecular complexity index is 555. The first-order chi connectivity index (χ1) is 9.65. The maximum Gasteiger partial charge on any atom is 0.237 e. The van der Waals surface area contributed by atoms with Crippen molar-refractivity contribution >= 4 is 5.91 Å². The average molecular weight is 271 g/mol. The maximum atomic E-state index is 11.9. The molecule has 5 heteroatoms.